The summed E-state index contributed by atoms with van der Waals surface area (Å²) in [4.78, 5) is 25.7. The highest BCUT2D eigenvalue weighted by atomic mass is 16.4. The molecule has 3 aliphatic rings. The molecule has 4 rings (SSSR count). The van der Waals surface area contributed by atoms with E-state index in [9.17, 15) is 9.59 Å². The van der Waals surface area contributed by atoms with E-state index in [0.29, 0.717) is 12.8 Å². The van der Waals surface area contributed by atoms with Crippen molar-refractivity contribution < 1.29 is 14.7 Å². The standard InChI is InChI=1S/C16H17NO3/c18-14(10-5-6-11(10)15(19)20)17-9-16(7-8-16)12-3-1-2-4-13(12)17/h1-4,10-11H,5-9H2,(H,19,20). The Labute approximate surface area is 117 Å². The van der Waals surface area contributed by atoms with Gasteiger partial charge in [-0.1, -0.05) is 18.2 Å². The summed E-state index contributed by atoms with van der Waals surface area (Å²) in [5.74, 6) is -1.62. The van der Waals surface area contributed by atoms with E-state index in [4.69, 9.17) is 5.11 Å². The maximum atomic E-state index is 12.7. The number of hydrogen-bond acceptors (Lipinski definition) is 2. The molecule has 4 heteroatoms. The zero-order valence-electron chi connectivity index (χ0n) is 11.2. The molecule has 0 aromatic heterocycles. The number of hydrogen-bond donors (Lipinski definition) is 1. The lowest BCUT2D eigenvalue weighted by Gasteiger charge is -2.35. The Hall–Kier alpha value is -1.84. The molecule has 104 valence electrons. The van der Waals surface area contributed by atoms with Crippen molar-refractivity contribution in [1.82, 2.24) is 0 Å². The SMILES string of the molecule is O=C(O)C1CCC1C(=O)N1CC2(CC2)c2ccccc21. The van der Waals surface area contributed by atoms with Crippen molar-refractivity contribution in [2.75, 3.05) is 11.4 Å². The number of carboxylic acids is 1. The molecule has 0 saturated heterocycles. The van der Waals surface area contributed by atoms with Crippen molar-refractivity contribution in [1.29, 1.82) is 0 Å². The summed E-state index contributed by atoms with van der Waals surface area (Å²) in [5, 5.41) is 9.13. The lowest BCUT2D eigenvalue weighted by Crippen LogP contribution is -2.46. The van der Waals surface area contributed by atoms with Gasteiger partial charge < -0.3 is 10.0 Å². The average Bonchev–Trinajstić information content (AvgIpc) is 3.06. The van der Waals surface area contributed by atoms with Gasteiger partial charge in [-0.15, -0.1) is 0 Å². The summed E-state index contributed by atoms with van der Waals surface area (Å²) < 4.78 is 0. The Morgan fingerprint density at radius 2 is 1.85 bits per heavy atom. The van der Waals surface area contributed by atoms with Gasteiger partial charge in [0.25, 0.3) is 0 Å². The van der Waals surface area contributed by atoms with Crippen LogP contribution < -0.4 is 4.90 Å². The van der Waals surface area contributed by atoms with Gasteiger partial charge in [-0.25, -0.2) is 0 Å². The van der Waals surface area contributed by atoms with Crippen molar-refractivity contribution in [3.63, 3.8) is 0 Å². The highest BCUT2D eigenvalue weighted by Gasteiger charge is 2.54. The largest absolute Gasteiger partial charge is 0.481 e. The summed E-state index contributed by atoms with van der Waals surface area (Å²) >= 11 is 0. The maximum absolute atomic E-state index is 12.7. The minimum atomic E-state index is -0.830. The topological polar surface area (TPSA) is 57.6 Å². The zero-order valence-corrected chi connectivity index (χ0v) is 11.2. The van der Waals surface area contributed by atoms with Gasteiger partial charge in [0.05, 0.1) is 11.8 Å². The van der Waals surface area contributed by atoms with E-state index in [-0.39, 0.29) is 17.2 Å². The van der Waals surface area contributed by atoms with Crippen LogP contribution in [-0.4, -0.2) is 23.5 Å². The molecule has 20 heavy (non-hydrogen) atoms. The van der Waals surface area contributed by atoms with Crippen LogP contribution in [0.4, 0.5) is 5.69 Å². The molecular formula is C16H17NO3. The number of fused-ring (bicyclic) bond motifs is 2. The number of carbonyl (C=O) groups is 2. The van der Waals surface area contributed by atoms with Crippen LogP contribution in [0.25, 0.3) is 0 Å². The van der Waals surface area contributed by atoms with Gasteiger partial charge in [-0.2, -0.15) is 0 Å². The lowest BCUT2D eigenvalue weighted by atomic mass is 9.73. The molecule has 2 fully saturated rings. The predicted octanol–water partition coefficient (Wildman–Crippen LogP) is 2.18. The van der Waals surface area contributed by atoms with Gasteiger partial charge in [0, 0.05) is 17.6 Å². The average molecular weight is 271 g/mol. The molecule has 1 spiro atoms. The molecular weight excluding hydrogens is 254 g/mol. The quantitative estimate of drug-likeness (QED) is 0.897. The fourth-order valence-corrected chi connectivity index (χ4v) is 3.70. The third-order valence-electron chi connectivity index (χ3n) is 5.26. The second-order valence-electron chi connectivity index (χ2n) is 6.35. The van der Waals surface area contributed by atoms with Gasteiger partial charge in [0.2, 0.25) is 5.91 Å². The molecule has 1 aromatic carbocycles. The number of aliphatic carboxylic acids is 1. The van der Waals surface area contributed by atoms with Crippen molar-refractivity contribution in [3.8, 4) is 0 Å². The molecule has 0 bridgehead atoms. The van der Waals surface area contributed by atoms with Gasteiger partial charge in [0.15, 0.2) is 0 Å². The minimum absolute atomic E-state index is 0.0138. The summed E-state index contributed by atoms with van der Waals surface area (Å²) in [7, 11) is 0. The zero-order chi connectivity index (χ0) is 13.9. The van der Waals surface area contributed by atoms with Crippen molar-refractivity contribution in [3.05, 3.63) is 29.8 Å². The van der Waals surface area contributed by atoms with Crippen LogP contribution in [0.1, 0.15) is 31.2 Å². The van der Waals surface area contributed by atoms with Crippen molar-refractivity contribution >= 4 is 17.6 Å². The first kappa shape index (κ1) is 11.9. The second kappa shape index (κ2) is 3.84. The number of carboxylic acid groups (broad SMARTS) is 1. The number of amides is 1. The van der Waals surface area contributed by atoms with E-state index in [1.165, 1.54) is 5.56 Å². The molecule has 1 amide bonds. The van der Waals surface area contributed by atoms with E-state index in [2.05, 4.69) is 6.07 Å². The number of nitrogens with zero attached hydrogens (tertiary/aromatic N) is 1. The van der Waals surface area contributed by atoms with Gasteiger partial charge in [-0.05, 0) is 37.3 Å². The van der Waals surface area contributed by atoms with Crippen LogP contribution in [0.3, 0.4) is 0 Å². The number of para-hydroxylation sites is 1. The first-order chi connectivity index (χ1) is 9.62. The van der Waals surface area contributed by atoms with Gasteiger partial charge in [-0.3, -0.25) is 9.59 Å². The first-order valence-corrected chi connectivity index (χ1v) is 7.26. The Morgan fingerprint density at radius 3 is 2.45 bits per heavy atom. The molecule has 2 unspecified atom stereocenters. The van der Waals surface area contributed by atoms with Crippen LogP contribution in [0, 0.1) is 11.8 Å². The van der Waals surface area contributed by atoms with E-state index in [0.717, 1.165) is 25.1 Å². The van der Waals surface area contributed by atoms with Crippen LogP contribution in [0.5, 0.6) is 0 Å². The Bertz CT molecular complexity index is 605. The Morgan fingerprint density at radius 1 is 1.15 bits per heavy atom. The van der Waals surface area contributed by atoms with Crippen LogP contribution in [0.2, 0.25) is 0 Å². The second-order valence-corrected chi connectivity index (χ2v) is 6.35. The summed E-state index contributed by atoms with van der Waals surface area (Å²) in [5.41, 5.74) is 2.46. The molecule has 0 radical (unpaired) electrons. The fraction of sp³-hybridized carbons (Fsp3) is 0.500. The number of rotatable bonds is 2. The number of anilines is 1. The molecule has 2 atom stereocenters. The highest BCUT2D eigenvalue weighted by Crippen LogP contribution is 2.57. The molecule has 4 nitrogen and oxygen atoms in total. The van der Waals surface area contributed by atoms with Crippen molar-refractivity contribution in [2.45, 2.75) is 31.1 Å². The van der Waals surface area contributed by atoms with E-state index in [1.807, 2.05) is 23.1 Å². The smallest absolute Gasteiger partial charge is 0.307 e. The lowest BCUT2D eigenvalue weighted by molar-refractivity contribution is -0.152. The summed E-state index contributed by atoms with van der Waals surface area (Å²) in [6.45, 7) is 0.744. The Kier molecular flexibility index (Phi) is 2.29. The van der Waals surface area contributed by atoms with Crippen LogP contribution in [0.15, 0.2) is 24.3 Å². The maximum Gasteiger partial charge on any atom is 0.307 e. The molecule has 1 aromatic rings. The van der Waals surface area contributed by atoms with E-state index < -0.39 is 11.9 Å². The van der Waals surface area contributed by atoms with Crippen LogP contribution >= 0.6 is 0 Å². The summed E-state index contributed by atoms with van der Waals surface area (Å²) in [6.07, 6.45) is 3.62. The Balaban J connectivity index is 1.64. The molecule has 2 aliphatic carbocycles. The van der Waals surface area contributed by atoms with Crippen LogP contribution in [-0.2, 0) is 15.0 Å². The first-order valence-electron chi connectivity index (χ1n) is 7.26. The van der Waals surface area contributed by atoms with E-state index in [1.54, 1.807) is 0 Å². The van der Waals surface area contributed by atoms with E-state index >= 15 is 0 Å². The summed E-state index contributed by atoms with van der Waals surface area (Å²) in [6, 6.07) is 8.09. The normalized spacial score (nSPS) is 28.9. The third kappa shape index (κ3) is 1.48. The predicted molar refractivity (Wildman–Crippen MR) is 73.6 cm³/mol. The minimum Gasteiger partial charge on any atom is -0.481 e. The third-order valence-corrected chi connectivity index (χ3v) is 5.26. The van der Waals surface area contributed by atoms with Gasteiger partial charge >= 0.3 is 5.97 Å². The monoisotopic (exact) mass is 271 g/mol. The molecule has 2 saturated carbocycles. The molecule has 1 aliphatic heterocycles. The highest BCUT2D eigenvalue weighted by molar-refractivity contribution is 6.00. The number of carbonyl (C=O) groups excluding carboxylic acids is 1. The van der Waals surface area contributed by atoms with Gasteiger partial charge in [0.1, 0.15) is 0 Å². The fourth-order valence-electron chi connectivity index (χ4n) is 3.70. The number of benzene rings is 1. The molecule has 1 heterocycles. The molecule has 1 N–H and O–H groups in total. The van der Waals surface area contributed by atoms with Crippen molar-refractivity contribution in [2.24, 2.45) is 11.8 Å².